The summed E-state index contributed by atoms with van der Waals surface area (Å²) in [4.78, 5) is 9.82. The molecular formula is C23H51N2O7P. The number of hydrogen-bond acceptors (Lipinski definition) is 8. The minimum absolute atomic E-state index is 0.0630. The Morgan fingerprint density at radius 2 is 1.21 bits per heavy atom. The molecule has 0 heterocycles. The molecule has 0 aromatic carbocycles. The maximum atomic E-state index is 12.1. The predicted octanol–water partition coefficient (Wildman–Crippen LogP) is 3.91. The SMILES string of the molecule is CC(C)CCCCCCCCCCCCCCCOP(=O)(O)OC(O)(C(N)CN)C(C)(O)O. The van der Waals surface area contributed by atoms with Crippen LogP contribution in [0, 0.1) is 5.92 Å². The average Bonchev–Trinajstić information content (AvgIpc) is 2.71. The Morgan fingerprint density at radius 3 is 1.58 bits per heavy atom. The zero-order valence-electron chi connectivity index (χ0n) is 21.1. The van der Waals surface area contributed by atoms with Crippen molar-refractivity contribution in [1.82, 2.24) is 0 Å². The molecule has 0 radical (unpaired) electrons. The molecule has 0 fully saturated rings. The minimum atomic E-state index is -4.77. The topological polar surface area (TPSA) is 168 Å². The number of phosphoric ester groups is 1. The maximum absolute atomic E-state index is 12.1. The van der Waals surface area contributed by atoms with Gasteiger partial charge in [-0.25, -0.2) is 9.09 Å². The van der Waals surface area contributed by atoms with Gasteiger partial charge in [0.05, 0.1) is 12.6 Å². The standard InChI is InChI=1S/C23H51N2O7P/c1-20(2)17-15-13-11-9-7-5-4-6-8-10-12-14-16-18-31-33(29,30)32-23(28,21(25)19-24)22(3,26)27/h20-21,26-28H,4-19,24-25H2,1-3H3,(H,29,30). The van der Waals surface area contributed by atoms with E-state index in [2.05, 4.69) is 18.4 Å². The second-order valence-electron chi connectivity index (χ2n) is 9.73. The van der Waals surface area contributed by atoms with Crippen LogP contribution in [0.4, 0.5) is 0 Å². The lowest BCUT2D eigenvalue weighted by Crippen LogP contribution is -2.66. The van der Waals surface area contributed by atoms with Gasteiger partial charge >= 0.3 is 7.82 Å². The first-order valence-electron chi connectivity index (χ1n) is 12.7. The Kier molecular flexibility index (Phi) is 17.3. The van der Waals surface area contributed by atoms with E-state index in [-0.39, 0.29) is 6.61 Å². The highest BCUT2D eigenvalue weighted by Gasteiger charge is 2.55. The van der Waals surface area contributed by atoms with E-state index in [0.29, 0.717) is 6.42 Å². The van der Waals surface area contributed by atoms with Gasteiger partial charge in [-0.05, 0) is 19.3 Å². The quantitative estimate of drug-likeness (QED) is 0.0736. The van der Waals surface area contributed by atoms with Crippen molar-refractivity contribution < 1.29 is 33.8 Å². The van der Waals surface area contributed by atoms with Crippen LogP contribution in [0.3, 0.4) is 0 Å². The molecule has 8 N–H and O–H groups in total. The van der Waals surface area contributed by atoms with Crippen molar-refractivity contribution in [2.24, 2.45) is 17.4 Å². The third-order valence-corrected chi connectivity index (χ3v) is 6.89. The van der Waals surface area contributed by atoms with Crippen molar-refractivity contribution in [3.8, 4) is 0 Å². The van der Waals surface area contributed by atoms with E-state index in [1.54, 1.807) is 0 Å². The predicted molar refractivity (Wildman–Crippen MR) is 131 cm³/mol. The lowest BCUT2D eigenvalue weighted by Gasteiger charge is -2.40. The fourth-order valence-electron chi connectivity index (χ4n) is 3.65. The first kappa shape index (κ1) is 32.9. The van der Waals surface area contributed by atoms with Crippen LogP contribution in [0.25, 0.3) is 0 Å². The smallest absolute Gasteiger partial charge is 0.362 e. The average molecular weight is 499 g/mol. The van der Waals surface area contributed by atoms with Gasteiger partial charge in [-0.3, -0.25) is 4.52 Å². The Hall–Kier alpha value is -0.0900. The van der Waals surface area contributed by atoms with E-state index in [0.717, 1.165) is 32.1 Å². The van der Waals surface area contributed by atoms with Gasteiger partial charge in [-0.2, -0.15) is 0 Å². The van der Waals surface area contributed by atoms with Gasteiger partial charge in [0.1, 0.15) is 0 Å². The molecule has 0 rings (SSSR count). The van der Waals surface area contributed by atoms with Crippen molar-refractivity contribution in [3.63, 3.8) is 0 Å². The van der Waals surface area contributed by atoms with Crippen molar-refractivity contribution in [3.05, 3.63) is 0 Å². The summed E-state index contributed by atoms with van der Waals surface area (Å²) in [5.74, 6) is -5.05. The molecule has 0 aliphatic rings. The van der Waals surface area contributed by atoms with Crippen LogP contribution < -0.4 is 11.5 Å². The molecule has 200 valence electrons. The molecule has 0 saturated heterocycles. The van der Waals surface area contributed by atoms with Crippen LogP contribution in [0.5, 0.6) is 0 Å². The lowest BCUT2D eigenvalue weighted by atomic mass is 10.00. The van der Waals surface area contributed by atoms with Crippen molar-refractivity contribution in [1.29, 1.82) is 0 Å². The molecule has 0 aromatic heterocycles. The zero-order valence-corrected chi connectivity index (χ0v) is 22.0. The molecule has 0 aliphatic heterocycles. The van der Waals surface area contributed by atoms with Gasteiger partial charge in [0, 0.05) is 6.54 Å². The highest BCUT2D eigenvalue weighted by atomic mass is 31.2. The molecule has 0 saturated carbocycles. The van der Waals surface area contributed by atoms with Gasteiger partial charge in [-0.1, -0.05) is 97.3 Å². The molecule has 3 unspecified atom stereocenters. The zero-order chi connectivity index (χ0) is 25.4. The minimum Gasteiger partial charge on any atom is -0.362 e. The number of aliphatic hydroxyl groups is 3. The fourth-order valence-corrected chi connectivity index (χ4v) is 4.72. The highest BCUT2D eigenvalue weighted by molar-refractivity contribution is 7.47. The summed E-state index contributed by atoms with van der Waals surface area (Å²) in [6, 6.07) is -1.52. The normalized spacial score (nSPS) is 17.2. The molecule has 0 aromatic rings. The fraction of sp³-hybridized carbons (Fsp3) is 1.00. The maximum Gasteiger partial charge on any atom is 0.474 e. The third kappa shape index (κ3) is 15.5. The molecule has 9 nitrogen and oxygen atoms in total. The highest BCUT2D eigenvalue weighted by Crippen LogP contribution is 2.49. The molecule has 10 heteroatoms. The molecule has 0 amide bonds. The van der Waals surface area contributed by atoms with Gasteiger partial charge in [0.2, 0.25) is 11.6 Å². The largest absolute Gasteiger partial charge is 0.474 e. The monoisotopic (exact) mass is 498 g/mol. The molecule has 3 atom stereocenters. The summed E-state index contributed by atoms with van der Waals surface area (Å²) in [6.07, 6.45) is 16.6. The molecule has 0 spiro atoms. The van der Waals surface area contributed by atoms with E-state index in [9.17, 15) is 24.8 Å². The van der Waals surface area contributed by atoms with E-state index >= 15 is 0 Å². The second-order valence-corrected chi connectivity index (χ2v) is 11.1. The second kappa shape index (κ2) is 17.4. The number of nitrogens with two attached hydrogens (primary N) is 2. The van der Waals surface area contributed by atoms with E-state index in [1.807, 2.05) is 0 Å². The van der Waals surface area contributed by atoms with Crippen molar-refractivity contribution in [2.45, 2.75) is 128 Å². The Balaban J connectivity index is 3.77. The number of rotatable bonds is 22. The number of hydrogen-bond donors (Lipinski definition) is 6. The molecular weight excluding hydrogens is 447 g/mol. The van der Waals surface area contributed by atoms with Gasteiger partial charge in [-0.15, -0.1) is 0 Å². The van der Waals surface area contributed by atoms with Crippen LogP contribution >= 0.6 is 7.82 Å². The molecule has 0 aliphatic carbocycles. The summed E-state index contributed by atoms with van der Waals surface area (Å²) >= 11 is 0. The Bertz CT molecular complexity index is 531. The lowest BCUT2D eigenvalue weighted by molar-refractivity contribution is -0.346. The number of unbranched alkanes of at least 4 members (excludes halogenated alkanes) is 12. The summed E-state index contributed by atoms with van der Waals surface area (Å²) in [6.45, 7) is 4.87. The summed E-state index contributed by atoms with van der Waals surface area (Å²) in [5, 5.41) is 29.6. The first-order valence-corrected chi connectivity index (χ1v) is 14.2. The van der Waals surface area contributed by atoms with E-state index in [4.69, 9.17) is 16.0 Å². The van der Waals surface area contributed by atoms with Crippen molar-refractivity contribution in [2.75, 3.05) is 13.2 Å². The van der Waals surface area contributed by atoms with Gasteiger partial charge < -0.3 is 31.7 Å². The van der Waals surface area contributed by atoms with Crippen LogP contribution in [0.15, 0.2) is 0 Å². The summed E-state index contributed by atoms with van der Waals surface area (Å²) in [7, 11) is -4.77. The molecule has 33 heavy (non-hydrogen) atoms. The van der Waals surface area contributed by atoms with Crippen LogP contribution in [0.1, 0.15) is 111 Å². The van der Waals surface area contributed by atoms with E-state index in [1.165, 1.54) is 64.2 Å². The number of phosphoric acid groups is 1. The van der Waals surface area contributed by atoms with Gasteiger partial charge in [0.15, 0.2) is 0 Å². The van der Waals surface area contributed by atoms with Crippen LogP contribution in [-0.2, 0) is 13.6 Å². The van der Waals surface area contributed by atoms with Crippen LogP contribution in [0.2, 0.25) is 0 Å². The van der Waals surface area contributed by atoms with Gasteiger partial charge in [0.25, 0.3) is 0 Å². The first-order chi connectivity index (χ1) is 15.4. The summed E-state index contributed by atoms with van der Waals surface area (Å²) in [5.41, 5.74) is 10.8. The van der Waals surface area contributed by atoms with E-state index < -0.39 is 32.0 Å². The Morgan fingerprint density at radius 1 is 0.818 bits per heavy atom. The molecule has 0 bridgehead atoms. The Labute approximate surface area is 200 Å². The third-order valence-electron chi connectivity index (χ3n) is 5.87. The van der Waals surface area contributed by atoms with Crippen LogP contribution in [-0.4, -0.2) is 51.0 Å². The van der Waals surface area contributed by atoms with Crippen molar-refractivity contribution >= 4 is 7.82 Å². The summed E-state index contributed by atoms with van der Waals surface area (Å²) < 4.78 is 21.5.